The largest absolute Gasteiger partial charge is 0.467 e. The number of para-hydroxylation sites is 1. The van der Waals surface area contributed by atoms with Crippen molar-refractivity contribution in [2.24, 2.45) is 0 Å². The number of amides is 1. The normalized spacial score (nSPS) is 12.4. The second-order valence-electron chi connectivity index (χ2n) is 4.62. The first kappa shape index (κ1) is 19.5. The third-order valence-electron chi connectivity index (χ3n) is 2.69. The van der Waals surface area contributed by atoms with Gasteiger partial charge in [-0.25, -0.2) is 11.5 Å². The molecule has 0 heterocycles. The number of alkyl carbamates (subject to hydrolysis) is 1. The Hall–Kier alpha value is -1.57. The summed E-state index contributed by atoms with van der Waals surface area (Å²) in [5.41, 5.74) is 0.871. The average molecular weight is 502 g/mol. The number of rotatable bonds is 6. The van der Waals surface area contributed by atoms with Crippen LogP contribution in [0.4, 0.5) is 4.79 Å². The van der Waals surface area contributed by atoms with Crippen molar-refractivity contribution in [2.45, 2.75) is 6.61 Å². The van der Waals surface area contributed by atoms with Gasteiger partial charge in [0.15, 0.2) is 0 Å². The molecule has 2 aromatic rings. The molecule has 0 bridgehead atoms. The Balaban J connectivity index is 0.00000264. The molecule has 0 spiro atoms. The fourth-order valence-corrected chi connectivity index (χ4v) is 2.61. The van der Waals surface area contributed by atoms with E-state index in [9.17, 15) is 9.36 Å². The molecule has 23 heavy (non-hydrogen) atoms. The Labute approximate surface area is 150 Å². The molecule has 5 nitrogen and oxygen atoms in total. The molecule has 7 heteroatoms. The topological polar surface area (TPSA) is 64.6 Å². The Kier molecular flexibility index (Phi) is 8.08. The van der Waals surface area contributed by atoms with E-state index >= 15 is 0 Å². The summed E-state index contributed by atoms with van der Waals surface area (Å²) < 4.78 is 22.5. The van der Waals surface area contributed by atoms with Gasteiger partial charge >= 0.3 is 6.09 Å². The fourth-order valence-electron chi connectivity index (χ4n) is 1.66. The number of carbonyl (C=O) groups is 1. The van der Waals surface area contributed by atoms with Gasteiger partial charge in [0.1, 0.15) is 19.7 Å². The van der Waals surface area contributed by atoms with E-state index in [1.54, 1.807) is 24.3 Å². The van der Waals surface area contributed by atoms with Crippen LogP contribution in [0.15, 0.2) is 60.7 Å². The molecule has 0 radical (unpaired) electrons. The predicted molar refractivity (Wildman–Crippen MR) is 84.7 cm³/mol. The maximum Gasteiger partial charge on any atom is 0.407 e. The molecule has 0 aliphatic rings. The summed E-state index contributed by atoms with van der Waals surface area (Å²) in [5.74, 6) is 0.445. The molecule has 0 aliphatic heterocycles. The van der Waals surface area contributed by atoms with Crippen molar-refractivity contribution in [1.29, 1.82) is 0 Å². The van der Waals surface area contributed by atoms with Crippen molar-refractivity contribution in [3.05, 3.63) is 72.9 Å². The summed E-state index contributed by atoms with van der Waals surface area (Å²) in [4.78, 5) is 11.6. The van der Waals surface area contributed by atoms with Crippen LogP contribution >= 0.6 is 7.37 Å². The molecule has 0 saturated heterocycles. The Morgan fingerprint density at radius 3 is 2.22 bits per heavy atom. The quantitative estimate of drug-likeness (QED) is 0.479. The van der Waals surface area contributed by atoms with Gasteiger partial charge in [0.25, 0.3) is 0 Å². The van der Waals surface area contributed by atoms with Crippen LogP contribution in [0.2, 0.25) is 0 Å². The van der Waals surface area contributed by atoms with E-state index in [1.165, 1.54) is 0 Å². The van der Waals surface area contributed by atoms with Crippen LogP contribution in [0.25, 0.3) is 0 Å². The van der Waals surface area contributed by atoms with Gasteiger partial charge in [0, 0.05) is 21.1 Å². The zero-order chi connectivity index (χ0) is 15.8. The number of benzene rings is 2. The molecule has 2 rings (SSSR count). The number of hydrogen-bond acceptors (Lipinski definition) is 4. The first-order valence-electron chi connectivity index (χ1n) is 6.68. The molecule has 1 unspecified atom stereocenters. The molecular weight excluding hydrogens is 485 g/mol. The van der Waals surface area contributed by atoms with E-state index in [2.05, 4.69) is 12.0 Å². The SMILES string of the molecule is [CH2-]P(=O)(CNC(=O)OCc1ccccc1)Oc1ccccc1.[W]. The Morgan fingerprint density at radius 1 is 1.04 bits per heavy atom. The van der Waals surface area contributed by atoms with Gasteiger partial charge in [-0.3, -0.25) is 0 Å². The Bertz CT molecular complexity index is 652. The van der Waals surface area contributed by atoms with Crippen molar-refractivity contribution >= 4 is 13.5 Å². The third-order valence-corrected chi connectivity index (χ3v) is 3.88. The summed E-state index contributed by atoms with van der Waals surface area (Å²) in [7, 11) is -3.23. The van der Waals surface area contributed by atoms with Crippen LogP contribution in [-0.4, -0.2) is 12.4 Å². The van der Waals surface area contributed by atoms with Crippen LogP contribution in [0.5, 0.6) is 5.75 Å². The van der Waals surface area contributed by atoms with Crippen molar-refractivity contribution in [1.82, 2.24) is 5.32 Å². The molecule has 0 saturated carbocycles. The van der Waals surface area contributed by atoms with E-state index < -0.39 is 13.5 Å². The van der Waals surface area contributed by atoms with Crippen LogP contribution < -0.4 is 9.84 Å². The summed E-state index contributed by atoms with van der Waals surface area (Å²) >= 11 is 0. The molecule has 0 aliphatic carbocycles. The van der Waals surface area contributed by atoms with Crippen LogP contribution in [0.3, 0.4) is 0 Å². The molecule has 122 valence electrons. The second-order valence-corrected chi connectivity index (χ2v) is 6.74. The van der Waals surface area contributed by atoms with Gasteiger partial charge in [-0.1, -0.05) is 48.5 Å². The maximum absolute atomic E-state index is 12.2. The first-order valence-corrected chi connectivity index (χ1v) is 8.67. The summed E-state index contributed by atoms with van der Waals surface area (Å²) in [5, 5.41) is 2.40. The molecule has 1 atom stereocenters. The minimum absolute atomic E-state index is 0. The van der Waals surface area contributed by atoms with Gasteiger partial charge in [-0.2, -0.15) is 0 Å². The smallest absolute Gasteiger partial charge is 0.407 e. The zero-order valence-electron chi connectivity index (χ0n) is 12.4. The van der Waals surface area contributed by atoms with Gasteiger partial charge < -0.3 is 19.1 Å². The van der Waals surface area contributed by atoms with Crippen LogP contribution in [0.1, 0.15) is 5.56 Å². The Morgan fingerprint density at radius 2 is 1.61 bits per heavy atom. The van der Waals surface area contributed by atoms with E-state index in [4.69, 9.17) is 9.26 Å². The van der Waals surface area contributed by atoms with Crippen LogP contribution in [0, 0.1) is 6.66 Å². The standard InChI is InChI=1S/C16H17NO4P.W/c1-22(19,21-15-10-6-3-7-11-15)13-17-16(18)20-12-14-8-4-2-5-9-14;/h2-11H,1,12-13H2,(H,17,18);/q-1;. The second kappa shape index (κ2) is 9.54. The fraction of sp³-hybridized carbons (Fsp3) is 0.125. The van der Waals surface area contributed by atoms with Crippen molar-refractivity contribution < 1.29 is 39.7 Å². The first-order chi connectivity index (χ1) is 10.6. The molecule has 1 N–H and O–H groups in total. The van der Waals surface area contributed by atoms with Gasteiger partial charge in [0.2, 0.25) is 0 Å². The summed E-state index contributed by atoms with van der Waals surface area (Å²) in [6.45, 7) is 3.67. The van der Waals surface area contributed by atoms with Gasteiger partial charge in [0.05, 0.1) is 6.29 Å². The van der Waals surface area contributed by atoms with E-state index in [1.807, 2.05) is 36.4 Å². The number of ether oxygens (including phenoxy) is 1. The van der Waals surface area contributed by atoms with Crippen molar-refractivity contribution in [3.8, 4) is 5.75 Å². The molecule has 2 aromatic carbocycles. The molecule has 0 fully saturated rings. The monoisotopic (exact) mass is 502 g/mol. The van der Waals surface area contributed by atoms with Crippen LogP contribution in [-0.2, 0) is 37.0 Å². The number of hydrogen-bond donors (Lipinski definition) is 1. The van der Waals surface area contributed by atoms with Gasteiger partial charge in [-0.05, 0) is 17.7 Å². The van der Waals surface area contributed by atoms with Crippen molar-refractivity contribution in [2.75, 3.05) is 6.29 Å². The molecular formula is C16H17NO4PW-. The predicted octanol–water partition coefficient (Wildman–Crippen LogP) is 4.02. The minimum atomic E-state index is -3.23. The van der Waals surface area contributed by atoms with Gasteiger partial charge in [-0.15, -0.1) is 0 Å². The number of nitrogens with one attached hydrogen (secondary N) is 1. The summed E-state index contributed by atoms with van der Waals surface area (Å²) in [6.07, 6.45) is -0.861. The molecule has 0 aromatic heterocycles. The van der Waals surface area contributed by atoms with E-state index in [-0.39, 0.29) is 34.0 Å². The zero-order valence-corrected chi connectivity index (χ0v) is 16.2. The molecule has 1 amide bonds. The third kappa shape index (κ3) is 7.49. The van der Waals surface area contributed by atoms with E-state index in [0.29, 0.717) is 5.75 Å². The van der Waals surface area contributed by atoms with Crippen molar-refractivity contribution in [3.63, 3.8) is 0 Å². The summed E-state index contributed by atoms with van der Waals surface area (Å²) in [6, 6.07) is 18.0. The maximum atomic E-state index is 12.2. The number of carbonyl (C=O) groups excluding carboxylic acids is 1. The minimum Gasteiger partial charge on any atom is -0.467 e. The van der Waals surface area contributed by atoms with E-state index in [0.717, 1.165) is 5.56 Å². The average Bonchev–Trinajstić information content (AvgIpc) is 2.53.